The van der Waals surface area contributed by atoms with E-state index in [-0.39, 0.29) is 24.0 Å². The molecule has 1 heterocycles. The van der Waals surface area contributed by atoms with Crippen molar-refractivity contribution in [1.29, 1.82) is 0 Å². The Labute approximate surface area is 237 Å². The van der Waals surface area contributed by atoms with Crippen molar-refractivity contribution in [2.45, 2.75) is 57.8 Å². The zero-order valence-electron chi connectivity index (χ0n) is 23.9. The molecular formula is C33H39NO5Si. The number of carbonyl (C=O) groups is 2. The normalized spacial score (nSPS) is 13.6. The third-order valence-corrected chi connectivity index (χ3v) is 12.4. The number of aliphatic carboxylic acids is 1. The Hall–Kier alpha value is -3.68. The number of nitrogens with one attached hydrogen (secondary N) is 1. The molecule has 3 aromatic carbocycles. The van der Waals surface area contributed by atoms with Crippen LogP contribution in [0.15, 0.2) is 89.3 Å². The molecule has 0 saturated carbocycles. The van der Waals surface area contributed by atoms with E-state index in [4.69, 9.17) is 8.84 Å². The first-order chi connectivity index (χ1) is 18.9. The van der Waals surface area contributed by atoms with Crippen LogP contribution in [0.3, 0.4) is 0 Å². The zero-order valence-corrected chi connectivity index (χ0v) is 24.9. The van der Waals surface area contributed by atoms with Crippen molar-refractivity contribution in [3.63, 3.8) is 0 Å². The molecular weight excluding hydrogens is 518 g/mol. The van der Waals surface area contributed by atoms with Crippen molar-refractivity contribution in [2.75, 3.05) is 6.61 Å². The Morgan fingerprint density at radius 1 is 0.950 bits per heavy atom. The summed E-state index contributed by atoms with van der Waals surface area (Å²) in [6.07, 6.45) is 0.649. The number of hydrogen-bond acceptors (Lipinski definition) is 4. The van der Waals surface area contributed by atoms with Gasteiger partial charge < -0.3 is 19.3 Å². The maximum Gasteiger partial charge on any atom is 0.306 e. The highest BCUT2D eigenvalue weighted by molar-refractivity contribution is 6.74. The largest absolute Gasteiger partial charge is 0.481 e. The summed E-state index contributed by atoms with van der Waals surface area (Å²) >= 11 is 0. The maximum atomic E-state index is 13.3. The quantitative estimate of drug-likeness (QED) is 0.186. The molecule has 0 aliphatic rings. The van der Waals surface area contributed by atoms with E-state index in [0.717, 1.165) is 27.9 Å². The highest BCUT2D eigenvalue weighted by Gasteiger charge is 2.38. The predicted molar refractivity (Wildman–Crippen MR) is 162 cm³/mol. The van der Waals surface area contributed by atoms with Crippen LogP contribution in [0.5, 0.6) is 0 Å². The molecule has 0 aliphatic heterocycles. The highest BCUT2D eigenvalue weighted by Crippen LogP contribution is 2.36. The summed E-state index contributed by atoms with van der Waals surface area (Å²) in [5.74, 6) is -1.07. The zero-order chi connectivity index (χ0) is 28.9. The van der Waals surface area contributed by atoms with Crippen molar-refractivity contribution in [1.82, 2.24) is 5.32 Å². The Morgan fingerprint density at radius 3 is 2.23 bits per heavy atom. The van der Waals surface area contributed by atoms with Crippen LogP contribution in [0.25, 0.3) is 22.3 Å². The van der Waals surface area contributed by atoms with Gasteiger partial charge in [-0.3, -0.25) is 9.59 Å². The fourth-order valence-electron chi connectivity index (χ4n) is 4.39. The molecule has 4 aromatic rings. The van der Waals surface area contributed by atoms with E-state index in [1.165, 1.54) is 0 Å². The summed E-state index contributed by atoms with van der Waals surface area (Å²) in [4.78, 5) is 25.6. The van der Waals surface area contributed by atoms with Gasteiger partial charge in [0, 0.05) is 16.5 Å². The van der Waals surface area contributed by atoms with E-state index in [1.807, 2.05) is 72.8 Å². The van der Waals surface area contributed by atoms with Crippen molar-refractivity contribution in [3.05, 3.63) is 96.1 Å². The van der Waals surface area contributed by atoms with Crippen LogP contribution in [0.4, 0.5) is 0 Å². The third kappa shape index (κ3) is 7.28. The molecule has 6 nitrogen and oxygen atoms in total. The number of carbonyl (C=O) groups excluding carboxylic acids is 1. The second-order valence-electron chi connectivity index (χ2n) is 11.9. The van der Waals surface area contributed by atoms with Crippen LogP contribution in [0.1, 0.15) is 43.1 Å². The topological polar surface area (TPSA) is 88.8 Å². The summed E-state index contributed by atoms with van der Waals surface area (Å²) in [5, 5.41) is 14.1. The number of hydrogen-bond donors (Lipinski definition) is 2. The lowest BCUT2D eigenvalue weighted by Crippen LogP contribution is -2.47. The lowest BCUT2D eigenvalue weighted by Gasteiger charge is -2.37. The van der Waals surface area contributed by atoms with E-state index in [1.54, 1.807) is 12.1 Å². The first-order valence-corrected chi connectivity index (χ1v) is 16.6. The molecule has 1 aromatic heterocycles. The number of carboxylic acids is 1. The number of carboxylic acid groups (broad SMARTS) is 1. The van der Waals surface area contributed by atoms with Crippen molar-refractivity contribution in [3.8, 4) is 11.3 Å². The molecule has 0 aliphatic carbocycles. The molecule has 2 N–H and O–H groups in total. The average Bonchev–Trinajstić information content (AvgIpc) is 3.36. The Morgan fingerprint density at radius 2 is 1.60 bits per heavy atom. The van der Waals surface area contributed by atoms with Gasteiger partial charge in [0.25, 0.3) is 5.91 Å². The molecule has 1 amide bonds. The average molecular weight is 558 g/mol. The molecule has 4 rings (SSSR count). The lowest BCUT2D eigenvalue weighted by atomic mass is 9.92. The van der Waals surface area contributed by atoms with Crippen LogP contribution in [0, 0.1) is 5.92 Å². The van der Waals surface area contributed by atoms with E-state index in [0.29, 0.717) is 12.0 Å². The fraction of sp³-hybridized carbons (Fsp3) is 0.333. The SMILES string of the molecule is CC(C)(C)[Si](C)(C)OC[C@H](C[C@H](Cc1ccccc1)C(=O)O)NC(=O)c1ccc(-c2cc3ccccc3o2)cc1. The molecule has 0 bridgehead atoms. The Balaban J connectivity index is 1.51. The van der Waals surface area contributed by atoms with Crippen LogP contribution in [-0.4, -0.2) is 37.9 Å². The summed E-state index contributed by atoms with van der Waals surface area (Å²) < 4.78 is 12.4. The van der Waals surface area contributed by atoms with Gasteiger partial charge in [-0.05, 0) is 60.8 Å². The monoisotopic (exact) mass is 557 g/mol. The second-order valence-corrected chi connectivity index (χ2v) is 16.7. The van der Waals surface area contributed by atoms with Gasteiger partial charge in [0.15, 0.2) is 8.32 Å². The van der Waals surface area contributed by atoms with Gasteiger partial charge in [-0.25, -0.2) is 0 Å². The van der Waals surface area contributed by atoms with E-state index < -0.39 is 26.2 Å². The molecule has 0 fully saturated rings. The number of rotatable bonds is 11. The highest BCUT2D eigenvalue weighted by atomic mass is 28.4. The Bertz CT molecular complexity index is 1400. The smallest absolute Gasteiger partial charge is 0.306 e. The van der Waals surface area contributed by atoms with Gasteiger partial charge in [0.1, 0.15) is 11.3 Å². The van der Waals surface area contributed by atoms with E-state index >= 15 is 0 Å². The number of fused-ring (bicyclic) bond motifs is 1. The molecule has 210 valence electrons. The van der Waals surface area contributed by atoms with E-state index in [2.05, 4.69) is 39.2 Å². The molecule has 40 heavy (non-hydrogen) atoms. The second kappa shape index (κ2) is 12.2. The molecule has 0 spiro atoms. The summed E-state index contributed by atoms with van der Waals surface area (Å²) in [5.41, 5.74) is 3.13. The summed E-state index contributed by atoms with van der Waals surface area (Å²) in [7, 11) is -2.12. The van der Waals surface area contributed by atoms with Gasteiger partial charge in [-0.15, -0.1) is 0 Å². The van der Waals surface area contributed by atoms with Crippen LogP contribution < -0.4 is 5.32 Å². The van der Waals surface area contributed by atoms with Crippen LogP contribution >= 0.6 is 0 Å². The van der Waals surface area contributed by atoms with E-state index in [9.17, 15) is 14.7 Å². The molecule has 0 unspecified atom stereocenters. The van der Waals surface area contributed by atoms with Crippen molar-refractivity contribution < 1.29 is 23.5 Å². The number of amides is 1. The number of para-hydroxylation sites is 1. The van der Waals surface area contributed by atoms with Crippen LogP contribution in [0.2, 0.25) is 18.1 Å². The van der Waals surface area contributed by atoms with Crippen LogP contribution in [-0.2, 0) is 15.6 Å². The first kappa shape index (κ1) is 29.3. The van der Waals surface area contributed by atoms with Gasteiger partial charge in [0.05, 0.1) is 18.6 Å². The standard InChI is InChI=1S/C33H39NO5Si/c1-33(2,3)40(4,5)38-22-28(20-27(32(36)37)19-23-11-7-6-8-12-23)34-31(35)25-17-15-24(16-18-25)30-21-26-13-9-10-14-29(26)39-30/h6-18,21,27-28H,19-20,22H2,1-5H3,(H,34,35)(H,36,37)/t27-,28-/m0/s1. The summed E-state index contributed by atoms with van der Waals surface area (Å²) in [6.45, 7) is 11.0. The summed E-state index contributed by atoms with van der Waals surface area (Å²) in [6, 6.07) is 26.2. The number of benzene rings is 3. The molecule has 0 radical (unpaired) electrons. The third-order valence-electron chi connectivity index (χ3n) is 7.89. The molecule has 7 heteroatoms. The minimum absolute atomic E-state index is 0.00964. The minimum Gasteiger partial charge on any atom is -0.481 e. The maximum absolute atomic E-state index is 13.3. The fourth-order valence-corrected chi connectivity index (χ4v) is 5.44. The van der Waals surface area contributed by atoms with Crippen molar-refractivity contribution >= 4 is 31.2 Å². The molecule has 0 saturated heterocycles. The predicted octanol–water partition coefficient (Wildman–Crippen LogP) is 7.55. The van der Waals surface area contributed by atoms with Gasteiger partial charge in [-0.1, -0.05) is 81.4 Å². The lowest BCUT2D eigenvalue weighted by molar-refractivity contribution is -0.142. The molecule has 2 atom stereocenters. The van der Waals surface area contributed by atoms with Gasteiger partial charge in [-0.2, -0.15) is 0 Å². The first-order valence-electron chi connectivity index (χ1n) is 13.7. The Kier molecular flexibility index (Phi) is 8.96. The van der Waals surface area contributed by atoms with Crippen molar-refractivity contribution in [2.24, 2.45) is 5.92 Å². The van der Waals surface area contributed by atoms with Gasteiger partial charge >= 0.3 is 5.97 Å². The van der Waals surface area contributed by atoms with Gasteiger partial charge in [0.2, 0.25) is 0 Å². The minimum atomic E-state index is -2.12. The number of furan rings is 1.